The zero-order chi connectivity index (χ0) is 27.5. The number of hydrogen-bond donors (Lipinski definition) is 0. The van der Waals surface area contributed by atoms with Gasteiger partial charge in [-0.3, -0.25) is 19.2 Å². The average Bonchev–Trinajstić information content (AvgIpc) is 2.81. The highest BCUT2D eigenvalue weighted by atomic mass is 16.5. The zero-order valence-electron chi connectivity index (χ0n) is 23.0. The van der Waals surface area contributed by atoms with Gasteiger partial charge in [-0.25, -0.2) is 0 Å². The molecule has 1 atom stereocenters. The molecule has 206 valence electrons. The molecule has 1 aromatic carbocycles. The molecule has 0 heterocycles. The predicted molar refractivity (Wildman–Crippen MR) is 144 cm³/mol. The second-order valence-corrected chi connectivity index (χ2v) is 9.32. The van der Waals surface area contributed by atoms with Gasteiger partial charge in [-0.2, -0.15) is 0 Å². The van der Waals surface area contributed by atoms with Gasteiger partial charge in [0.25, 0.3) is 0 Å². The summed E-state index contributed by atoms with van der Waals surface area (Å²) in [6, 6.07) is 4.55. The summed E-state index contributed by atoms with van der Waals surface area (Å²) in [6.45, 7) is 6.15. The van der Waals surface area contributed by atoms with Crippen LogP contribution >= 0.6 is 0 Å². The van der Waals surface area contributed by atoms with Crippen LogP contribution in [0.25, 0.3) is 0 Å². The van der Waals surface area contributed by atoms with E-state index in [0.717, 1.165) is 32.1 Å². The molecule has 0 unspecified atom stereocenters. The van der Waals surface area contributed by atoms with E-state index >= 15 is 0 Å². The smallest absolute Gasteiger partial charge is 0.308 e. The van der Waals surface area contributed by atoms with E-state index in [2.05, 4.69) is 6.92 Å². The third-order valence-electron chi connectivity index (χ3n) is 5.85. The minimum Gasteiger partial charge on any atom is -0.463 e. The Labute approximate surface area is 221 Å². The number of ether oxygens (including phenoxy) is 3. The van der Waals surface area contributed by atoms with Crippen LogP contribution in [-0.4, -0.2) is 29.8 Å². The second-order valence-electron chi connectivity index (χ2n) is 9.32. The van der Waals surface area contributed by atoms with Gasteiger partial charge in [0, 0.05) is 27.2 Å². The summed E-state index contributed by atoms with van der Waals surface area (Å²) in [7, 11) is 0. The lowest BCUT2D eigenvalue weighted by molar-refractivity contribution is -0.147. The molecule has 0 radical (unpaired) electrons. The number of carbonyl (C=O) groups is 4. The van der Waals surface area contributed by atoms with Gasteiger partial charge in [-0.15, -0.1) is 0 Å². The quantitative estimate of drug-likeness (QED) is 0.0626. The Balaban J connectivity index is 2.52. The van der Waals surface area contributed by atoms with Gasteiger partial charge in [0.05, 0.1) is 0 Å². The Bertz CT molecular complexity index is 854. The molecule has 1 aromatic rings. The number of rotatable bonds is 19. The summed E-state index contributed by atoms with van der Waals surface area (Å²) in [5, 5.41) is 0. The highest BCUT2D eigenvalue weighted by molar-refractivity contribution is 6.02. The van der Waals surface area contributed by atoms with E-state index in [1.165, 1.54) is 71.4 Å². The van der Waals surface area contributed by atoms with Gasteiger partial charge in [-0.1, -0.05) is 70.1 Å². The average molecular weight is 517 g/mol. The van der Waals surface area contributed by atoms with Crippen molar-refractivity contribution >= 4 is 23.7 Å². The van der Waals surface area contributed by atoms with E-state index in [1.54, 1.807) is 6.07 Å². The number of allylic oxidation sites excluding steroid dienone is 2. The van der Waals surface area contributed by atoms with Crippen LogP contribution in [0.4, 0.5) is 0 Å². The van der Waals surface area contributed by atoms with Crippen LogP contribution in [0, 0.1) is 0 Å². The van der Waals surface area contributed by atoms with E-state index < -0.39 is 11.9 Å². The highest BCUT2D eigenvalue weighted by Crippen LogP contribution is 2.31. The van der Waals surface area contributed by atoms with E-state index in [4.69, 9.17) is 14.2 Å². The fourth-order valence-electron chi connectivity index (χ4n) is 4.13. The molecule has 0 saturated heterocycles. The van der Waals surface area contributed by atoms with Gasteiger partial charge in [-0.05, 0) is 44.2 Å². The number of unbranched alkanes of at least 4 members (excludes halogenated alkanes) is 7. The zero-order valence-corrected chi connectivity index (χ0v) is 23.0. The Morgan fingerprint density at radius 2 is 1.27 bits per heavy atom. The molecule has 0 saturated carbocycles. The molecule has 0 N–H and O–H groups in total. The maximum Gasteiger partial charge on any atom is 0.308 e. The van der Waals surface area contributed by atoms with Gasteiger partial charge in [0.15, 0.2) is 5.78 Å². The summed E-state index contributed by atoms with van der Waals surface area (Å²) in [5.41, 5.74) is 0.0848. The molecule has 1 rings (SSSR count). The van der Waals surface area contributed by atoms with Gasteiger partial charge in [0.2, 0.25) is 0 Å². The first-order valence-corrected chi connectivity index (χ1v) is 13.6. The van der Waals surface area contributed by atoms with Crippen molar-refractivity contribution in [2.24, 2.45) is 0 Å². The van der Waals surface area contributed by atoms with Crippen LogP contribution in [0.2, 0.25) is 0 Å². The number of ketones is 1. The molecule has 0 spiro atoms. The second kappa shape index (κ2) is 19.2. The molecule has 0 fully saturated rings. The molecule has 0 aliphatic heterocycles. The summed E-state index contributed by atoms with van der Waals surface area (Å²) in [6.07, 6.45) is 16.7. The van der Waals surface area contributed by atoms with Crippen LogP contribution in [-0.2, 0) is 19.1 Å². The van der Waals surface area contributed by atoms with E-state index in [9.17, 15) is 19.2 Å². The maximum absolute atomic E-state index is 12.9. The van der Waals surface area contributed by atoms with Gasteiger partial charge in [0.1, 0.15) is 23.2 Å². The monoisotopic (exact) mass is 516 g/mol. The largest absolute Gasteiger partial charge is 0.463 e. The topological polar surface area (TPSA) is 96.0 Å². The molecule has 7 heteroatoms. The van der Waals surface area contributed by atoms with Gasteiger partial charge < -0.3 is 14.2 Å². The molecule has 7 nitrogen and oxygen atoms in total. The fourth-order valence-corrected chi connectivity index (χ4v) is 4.13. The molecular weight excluding hydrogens is 472 g/mol. The Morgan fingerprint density at radius 3 is 1.81 bits per heavy atom. The molecule has 0 bridgehead atoms. The first kappa shape index (κ1) is 32.1. The molecule has 0 aliphatic carbocycles. The lowest BCUT2D eigenvalue weighted by atomic mass is 10.0. The summed E-state index contributed by atoms with van der Waals surface area (Å²) in [5.74, 6) is -1.53. The van der Waals surface area contributed by atoms with E-state index in [-0.39, 0.29) is 41.3 Å². The van der Waals surface area contributed by atoms with Crippen LogP contribution < -0.4 is 9.47 Å². The Morgan fingerprint density at radius 1 is 0.730 bits per heavy atom. The number of benzene rings is 1. The summed E-state index contributed by atoms with van der Waals surface area (Å²) < 4.78 is 15.8. The number of esters is 3. The van der Waals surface area contributed by atoms with Crippen molar-refractivity contribution in [2.75, 3.05) is 0 Å². The number of hydrogen-bond acceptors (Lipinski definition) is 7. The summed E-state index contributed by atoms with van der Waals surface area (Å²) >= 11 is 0. The van der Waals surface area contributed by atoms with Crippen molar-refractivity contribution in [3.63, 3.8) is 0 Å². The molecule has 0 aromatic heterocycles. The lowest BCUT2D eigenvalue weighted by Gasteiger charge is -2.16. The summed E-state index contributed by atoms with van der Waals surface area (Å²) in [4.78, 5) is 47.2. The Kier molecular flexibility index (Phi) is 16.6. The first-order valence-electron chi connectivity index (χ1n) is 13.6. The van der Waals surface area contributed by atoms with Crippen LogP contribution in [0.5, 0.6) is 11.5 Å². The molecule has 0 aliphatic rings. The van der Waals surface area contributed by atoms with Crippen LogP contribution in [0.1, 0.15) is 122 Å². The SMILES string of the molecule is CCCCCCCCCC[C@H](CCC=CCCC(=O)c1c(OC(C)=O)cccc1OC(C)=O)OC(C)=O. The Hall–Kier alpha value is -2.96. The van der Waals surface area contributed by atoms with Gasteiger partial charge >= 0.3 is 17.9 Å². The first-order chi connectivity index (χ1) is 17.7. The highest BCUT2D eigenvalue weighted by Gasteiger charge is 2.20. The van der Waals surface area contributed by atoms with Crippen molar-refractivity contribution in [3.8, 4) is 11.5 Å². The van der Waals surface area contributed by atoms with Crippen LogP contribution in [0.3, 0.4) is 0 Å². The van der Waals surface area contributed by atoms with E-state index in [1.807, 2.05) is 12.2 Å². The lowest BCUT2D eigenvalue weighted by Crippen LogP contribution is -2.16. The number of Topliss-reactive ketones (excluding diaryl/α,β-unsaturated/α-hetero) is 1. The predicted octanol–water partition coefficient (Wildman–Crippen LogP) is 7.30. The molecule has 0 amide bonds. The standard InChI is InChI=1S/C30H44O7/c1-5-6-7-8-9-10-11-14-18-26(35-23(2)31)19-15-12-13-16-20-27(34)30-28(36-24(3)32)21-17-22-29(30)37-25(4)33/h12-13,17,21-22,26H,5-11,14-16,18-20H2,1-4H3/t26-/m1/s1. The third kappa shape index (κ3) is 15.0. The minimum absolute atomic E-state index is 0.0745. The normalized spacial score (nSPS) is 11.8. The third-order valence-corrected chi connectivity index (χ3v) is 5.85. The van der Waals surface area contributed by atoms with Crippen LogP contribution in [0.15, 0.2) is 30.4 Å². The number of carbonyl (C=O) groups excluding carboxylic acids is 4. The molecule has 37 heavy (non-hydrogen) atoms. The van der Waals surface area contributed by atoms with Crippen molar-refractivity contribution in [1.29, 1.82) is 0 Å². The van der Waals surface area contributed by atoms with Crippen molar-refractivity contribution in [2.45, 2.75) is 117 Å². The van der Waals surface area contributed by atoms with Crippen molar-refractivity contribution in [3.05, 3.63) is 35.9 Å². The van der Waals surface area contributed by atoms with Crippen molar-refractivity contribution < 1.29 is 33.4 Å². The molecular formula is C30H44O7. The van der Waals surface area contributed by atoms with E-state index in [0.29, 0.717) is 6.42 Å². The fraction of sp³-hybridized carbons (Fsp3) is 0.600. The maximum atomic E-state index is 12.9. The minimum atomic E-state index is -0.566. The van der Waals surface area contributed by atoms with Crippen molar-refractivity contribution in [1.82, 2.24) is 0 Å².